The maximum absolute atomic E-state index is 10.0. The van der Waals surface area contributed by atoms with Crippen LogP contribution in [0.1, 0.15) is 0 Å². The Kier molecular flexibility index (Phi) is 1.83. The Bertz CT molecular complexity index is 188. The predicted octanol–water partition coefficient (Wildman–Crippen LogP) is -0.501. The van der Waals surface area contributed by atoms with Gasteiger partial charge in [0, 0.05) is 0 Å². The van der Waals surface area contributed by atoms with Gasteiger partial charge in [-0.15, -0.1) is 0 Å². The summed E-state index contributed by atoms with van der Waals surface area (Å²) in [6, 6.07) is 0. The van der Waals surface area contributed by atoms with Gasteiger partial charge in [-0.1, -0.05) is 0 Å². The van der Waals surface area contributed by atoms with Crippen LogP contribution in [0, 0.1) is 0 Å². The second kappa shape index (κ2) is 2.81. The molecule has 6 nitrogen and oxygen atoms in total. The third-order valence-corrected chi connectivity index (χ3v) is 0.828. The highest BCUT2D eigenvalue weighted by atomic mass is 16.4. The van der Waals surface area contributed by atoms with E-state index < -0.39 is 6.09 Å². The maximum Gasteiger partial charge on any atom is 0.423 e. The van der Waals surface area contributed by atoms with Gasteiger partial charge in [0.15, 0.2) is 0 Å². The van der Waals surface area contributed by atoms with Crippen LogP contribution < -0.4 is 5.43 Å². The number of aliphatic imine (C=N–C) groups is 2. The van der Waals surface area contributed by atoms with E-state index in [9.17, 15) is 4.79 Å². The molecule has 0 radical (unpaired) electrons. The van der Waals surface area contributed by atoms with Gasteiger partial charge in [0.2, 0.25) is 0 Å². The molecule has 0 fully saturated rings. The van der Waals surface area contributed by atoms with Gasteiger partial charge in [0.1, 0.15) is 19.3 Å². The second-order valence-electron chi connectivity index (χ2n) is 1.59. The fraction of sp³-hybridized carbons (Fsp3) is 0.250. The van der Waals surface area contributed by atoms with Gasteiger partial charge in [0.25, 0.3) is 0 Å². The van der Waals surface area contributed by atoms with Crippen LogP contribution in [0.15, 0.2) is 9.98 Å². The zero-order chi connectivity index (χ0) is 7.40. The van der Waals surface area contributed by atoms with Gasteiger partial charge >= 0.3 is 6.09 Å². The van der Waals surface area contributed by atoms with E-state index in [1.54, 1.807) is 0 Å². The Morgan fingerprint density at radius 1 is 1.80 bits per heavy atom. The molecule has 0 saturated carbocycles. The summed E-state index contributed by atoms with van der Waals surface area (Å²) in [4.78, 5) is 17.3. The molecule has 0 aromatic rings. The van der Waals surface area contributed by atoms with E-state index in [4.69, 9.17) is 5.11 Å². The van der Waals surface area contributed by atoms with Crippen molar-refractivity contribution in [1.29, 1.82) is 0 Å². The van der Waals surface area contributed by atoms with Crippen LogP contribution in [-0.2, 0) is 0 Å². The number of nitrogens with one attached hydrogen (secondary N) is 1. The fourth-order valence-electron chi connectivity index (χ4n) is 0.505. The zero-order valence-electron chi connectivity index (χ0n) is 5.06. The topological polar surface area (TPSA) is 77.3 Å². The molecule has 1 rings (SSSR count). The molecule has 54 valence electrons. The van der Waals surface area contributed by atoms with Crippen molar-refractivity contribution in [1.82, 2.24) is 10.4 Å². The molecule has 0 bridgehead atoms. The Morgan fingerprint density at radius 2 is 2.60 bits per heavy atom. The van der Waals surface area contributed by atoms with Crippen LogP contribution in [0.3, 0.4) is 0 Å². The Balaban J connectivity index is 2.37. The molecule has 0 atom stereocenters. The molecule has 6 heteroatoms. The van der Waals surface area contributed by atoms with Gasteiger partial charge in [0.05, 0.1) is 0 Å². The van der Waals surface area contributed by atoms with Crippen LogP contribution in [0.5, 0.6) is 0 Å². The first kappa shape index (κ1) is 6.53. The molecule has 1 aliphatic heterocycles. The quantitative estimate of drug-likeness (QED) is 0.518. The minimum absolute atomic E-state index is 0.274. The number of hydrazine groups is 1. The molecular weight excluding hydrogens is 136 g/mol. The number of carbonyl (C=O) groups is 1. The summed E-state index contributed by atoms with van der Waals surface area (Å²) in [7, 11) is 0. The first-order valence-corrected chi connectivity index (χ1v) is 2.57. The lowest BCUT2D eigenvalue weighted by Crippen LogP contribution is -2.41. The molecule has 0 aromatic carbocycles. The minimum atomic E-state index is -1.12. The van der Waals surface area contributed by atoms with E-state index in [0.717, 1.165) is 0 Å². The summed E-state index contributed by atoms with van der Waals surface area (Å²) >= 11 is 0. The maximum atomic E-state index is 10.0. The highest BCUT2D eigenvalue weighted by Crippen LogP contribution is 1.83. The van der Waals surface area contributed by atoms with Crippen LogP contribution >= 0.6 is 0 Å². The van der Waals surface area contributed by atoms with Crippen molar-refractivity contribution >= 4 is 18.8 Å². The fourth-order valence-corrected chi connectivity index (χ4v) is 0.505. The average molecular weight is 142 g/mol. The Labute approximate surface area is 56.9 Å². The number of hydrogen-bond acceptors (Lipinski definition) is 4. The standard InChI is InChI=1S/C4H6N4O2/c9-4(10)7-8-2-5-1-6-3-8/h1-2,7H,3H2,(H,9,10). The van der Waals surface area contributed by atoms with E-state index in [2.05, 4.69) is 15.4 Å². The number of hydrogen-bond donors (Lipinski definition) is 2. The van der Waals surface area contributed by atoms with Crippen LogP contribution in [0.25, 0.3) is 0 Å². The number of rotatable bonds is 1. The molecule has 10 heavy (non-hydrogen) atoms. The van der Waals surface area contributed by atoms with E-state index in [1.807, 2.05) is 0 Å². The van der Waals surface area contributed by atoms with Gasteiger partial charge < -0.3 is 5.11 Å². The molecule has 0 aliphatic carbocycles. The lowest BCUT2D eigenvalue weighted by molar-refractivity contribution is 0.171. The summed E-state index contributed by atoms with van der Waals surface area (Å²) in [6.07, 6.45) is 1.59. The molecule has 0 spiro atoms. The van der Waals surface area contributed by atoms with Gasteiger partial charge in [-0.05, 0) is 0 Å². The van der Waals surface area contributed by atoms with Crippen LogP contribution in [-0.4, -0.2) is 35.6 Å². The predicted molar refractivity (Wildman–Crippen MR) is 34.9 cm³/mol. The van der Waals surface area contributed by atoms with Crippen molar-refractivity contribution in [3.63, 3.8) is 0 Å². The minimum Gasteiger partial charge on any atom is -0.464 e. The van der Waals surface area contributed by atoms with E-state index in [-0.39, 0.29) is 6.67 Å². The van der Waals surface area contributed by atoms with Gasteiger partial charge in [-0.3, -0.25) is 10.0 Å². The van der Waals surface area contributed by atoms with Crippen LogP contribution in [0.2, 0.25) is 0 Å². The lowest BCUT2D eigenvalue weighted by atomic mass is 10.9. The van der Waals surface area contributed by atoms with E-state index >= 15 is 0 Å². The summed E-state index contributed by atoms with van der Waals surface area (Å²) in [5, 5.41) is 9.45. The van der Waals surface area contributed by atoms with Crippen LogP contribution in [0.4, 0.5) is 4.79 Å². The van der Waals surface area contributed by atoms with Gasteiger partial charge in [-0.25, -0.2) is 15.2 Å². The molecule has 1 aliphatic rings. The molecule has 1 amide bonds. The largest absolute Gasteiger partial charge is 0.464 e. The average Bonchev–Trinajstić information content (AvgIpc) is 1.88. The molecule has 2 N–H and O–H groups in total. The molecular formula is C4H6N4O2. The van der Waals surface area contributed by atoms with Crippen molar-refractivity contribution in [2.24, 2.45) is 9.98 Å². The number of nitrogens with zero attached hydrogens (tertiary/aromatic N) is 3. The Hall–Kier alpha value is -1.59. The molecule has 1 heterocycles. The van der Waals surface area contributed by atoms with Crippen molar-refractivity contribution in [3.8, 4) is 0 Å². The van der Waals surface area contributed by atoms with Crippen molar-refractivity contribution < 1.29 is 9.90 Å². The summed E-state index contributed by atoms with van der Waals surface area (Å²) in [5.41, 5.74) is 2.07. The summed E-state index contributed by atoms with van der Waals surface area (Å²) in [5.74, 6) is 0. The van der Waals surface area contributed by atoms with E-state index in [0.29, 0.717) is 0 Å². The summed E-state index contributed by atoms with van der Waals surface area (Å²) in [6.45, 7) is 0.274. The highest BCUT2D eigenvalue weighted by Gasteiger charge is 2.02. The second-order valence-corrected chi connectivity index (χ2v) is 1.59. The normalized spacial score (nSPS) is 15.4. The lowest BCUT2D eigenvalue weighted by Gasteiger charge is -2.16. The SMILES string of the molecule is O=C(O)NN1C=NC=NC1. The highest BCUT2D eigenvalue weighted by molar-refractivity contribution is 5.75. The third-order valence-electron chi connectivity index (χ3n) is 0.828. The smallest absolute Gasteiger partial charge is 0.423 e. The van der Waals surface area contributed by atoms with Crippen molar-refractivity contribution in [3.05, 3.63) is 0 Å². The summed E-state index contributed by atoms with van der Waals surface area (Å²) < 4.78 is 0. The number of carboxylic acid groups (broad SMARTS) is 1. The zero-order valence-corrected chi connectivity index (χ0v) is 5.06. The molecule has 0 saturated heterocycles. The van der Waals surface area contributed by atoms with Crippen molar-refractivity contribution in [2.45, 2.75) is 0 Å². The van der Waals surface area contributed by atoms with E-state index in [1.165, 1.54) is 17.7 Å². The molecule has 0 unspecified atom stereocenters. The third kappa shape index (κ3) is 1.73. The molecule has 0 aromatic heterocycles. The van der Waals surface area contributed by atoms with Gasteiger partial charge in [-0.2, -0.15) is 0 Å². The first-order chi connectivity index (χ1) is 4.79. The van der Waals surface area contributed by atoms with Crippen molar-refractivity contribution in [2.75, 3.05) is 6.67 Å². The first-order valence-electron chi connectivity index (χ1n) is 2.57. The monoisotopic (exact) mass is 142 g/mol. The Morgan fingerprint density at radius 3 is 3.10 bits per heavy atom. The number of amides is 1.